The second-order valence-electron chi connectivity index (χ2n) is 3.19. The van der Waals surface area contributed by atoms with E-state index in [0.717, 1.165) is 25.3 Å². The first-order valence-corrected chi connectivity index (χ1v) is 4.72. The van der Waals surface area contributed by atoms with E-state index in [1.165, 1.54) is 11.3 Å². The Hall–Kier alpha value is -0.870. The van der Waals surface area contributed by atoms with Gasteiger partial charge in [-0.25, -0.2) is 0 Å². The molecule has 4 nitrogen and oxygen atoms in total. The lowest BCUT2D eigenvalue weighted by atomic mass is 10.1. The first kappa shape index (κ1) is 8.72. The summed E-state index contributed by atoms with van der Waals surface area (Å²) >= 11 is 0. The van der Waals surface area contributed by atoms with Gasteiger partial charge >= 0.3 is 0 Å². The molecule has 0 fully saturated rings. The van der Waals surface area contributed by atoms with Crippen molar-refractivity contribution in [2.24, 2.45) is 5.73 Å². The van der Waals surface area contributed by atoms with Crippen LogP contribution in [0.1, 0.15) is 23.9 Å². The second kappa shape index (κ2) is 3.47. The van der Waals surface area contributed by atoms with Gasteiger partial charge in [-0.15, -0.1) is 0 Å². The molecule has 0 spiro atoms. The van der Waals surface area contributed by atoms with Crippen LogP contribution in [0.15, 0.2) is 0 Å². The number of aromatic nitrogens is 2. The molecule has 1 aromatic rings. The van der Waals surface area contributed by atoms with Crippen molar-refractivity contribution in [3.63, 3.8) is 0 Å². The Labute approximate surface area is 77.7 Å². The molecule has 72 valence electrons. The maximum absolute atomic E-state index is 5.63. The summed E-state index contributed by atoms with van der Waals surface area (Å²) in [5.74, 6) is 0. The Morgan fingerprint density at radius 2 is 2.46 bits per heavy atom. The molecule has 0 amide bonds. The van der Waals surface area contributed by atoms with Gasteiger partial charge in [0.25, 0.3) is 0 Å². The van der Waals surface area contributed by atoms with Crippen molar-refractivity contribution in [1.29, 1.82) is 0 Å². The van der Waals surface area contributed by atoms with Crippen molar-refractivity contribution in [3.05, 3.63) is 17.0 Å². The van der Waals surface area contributed by atoms with Crippen molar-refractivity contribution in [3.8, 4) is 0 Å². The lowest BCUT2D eigenvalue weighted by Gasteiger charge is -2.14. The fourth-order valence-corrected chi connectivity index (χ4v) is 1.81. The van der Waals surface area contributed by atoms with Crippen molar-refractivity contribution < 1.29 is 4.74 Å². The highest BCUT2D eigenvalue weighted by molar-refractivity contribution is 5.27. The Kier molecular flexibility index (Phi) is 2.33. The first-order valence-electron chi connectivity index (χ1n) is 4.72. The number of fused-ring (bicyclic) bond motifs is 1. The third kappa shape index (κ3) is 1.36. The van der Waals surface area contributed by atoms with Crippen LogP contribution >= 0.6 is 0 Å². The summed E-state index contributed by atoms with van der Waals surface area (Å²) in [4.78, 5) is 0. The monoisotopic (exact) mass is 181 g/mol. The van der Waals surface area contributed by atoms with Gasteiger partial charge in [-0.3, -0.25) is 4.68 Å². The van der Waals surface area contributed by atoms with E-state index in [1.807, 2.05) is 4.68 Å². The van der Waals surface area contributed by atoms with Crippen LogP contribution in [0.3, 0.4) is 0 Å². The van der Waals surface area contributed by atoms with Gasteiger partial charge in [-0.2, -0.15) is 5.10 Å². The highest BCUT2D eigenvalue weighted by atomic mass is 16.5. The van der Waals surface area contributed by atoms with Gasteiger partial charge in [0.1, 0.15) is 0 Å². The molecule has 1 aliphatic heterocycles. The van der Waals surface area contributed by atoms with Crippen molar-refractivity contribution >= 4 is 0 Å². The highest BCUT2D eigenvalue weighted by Gasteiger charge is 2.19. The summed E-state index contributed by atoms with van der Waals surface area (Å²) < 4.78 is 7.39. The number of aryl methyl sites for hydroxylation is 1. The Morgan fingerprint density at radius 1 is 1.62 bits per heavy atom. The highest BCUT2D eigenvalue weighted by Crippen LogP contribution is 2.20. The fraction of sp³-hybridized carbons (Fsp3) is 0.667. The van der Waals surface area contributed by atoms with E-state index < -0.39 is 0 Å². The molecule has 0 atom stereocenters. The summed E-state index contributed by atoms with van der Waals surface area (Å²) in [6, 6.07) is 0. The summed E-state index contributed by atoms with van der Waals surface area (Å²) in [7, 11) is 0. The lowest BCUT2D eigenvalue weighted by molar-refractivity contribution is 0.104. The van der Waals surface area contributed by atoms with Gasteiger partial charge < -0.3 is 10.5 Å². The topological polar surface area (TPSA) is 53.1 Å². The molecule has 0 bridgehead atoms. The number of hydrogen-bond acceptors (Lipinski definition) is 3. The molecule has 0 radical (unpaired) electrons. The minimum Gasteiger partial charge on any atom is -0.375 e. The molecule has 1 aliphatic rings. The first-order chi connectivity index (χ1) is 6.36. The molecule has 0 aliphatic carbocycles. The van der Waals surface area contributed by atoms with E-state index in [-0.39, 0.29) is 0 Å². The van der Waals surface area contributed by atoms with Crippen LogP contribution in [-0.2, 0) is 30.9 Å². The zero-order valence-electron chi connectivity index (χ0n) is 7.92. The van der Waals surface area contributed by atoms with E-state index in [1.54, 1.807) is 0 Å². The van der Waals surface area contributed by atoms with Crippen LogP contribution in [-0.4, -0.2) is 16.4 Å². The average Bonchev–Trinajstić information content (AvgIpc) is 2.56. The zero-order valence-corrected chi connectivity index (χ0v) is 7.92. The predicted octanol–water partition coefficient (Wildman–Crippen LogP) is 0.434. The number of hydrogen-bond donors (Lipinski definition) is 1. The van der Waals surface area contributed by atoms with E-state index in [9.17, 15) is 0 Å². The normalized spacial score (nSPS) is 15.8. The van der Waals surface area contributed by atoms with Crippen LogP contribution in [0.25, 0.3) is 0 Å². The molecular weight excluding hydrogens is 166 g/mol. The predicted molar refractivity (Wildman–Crippen MR) is 49.2 cm³/mol. The van der Waals surface area contributed by atoms with E-state index >= 15 is 0 Å². The Balaban J connectivity index is 2.44. The van der Waals surface area contributed by atoms with Crippen molar-refractivity contribution in [1.82, 2.24) is 9.78 Å². The molecule has 1 aromatic heterocycles. The molecule has 0 saturated carbocycles. The van der Waals surface area contributed by atoms with Crippen LogP contribution in [0, 0.1) is 0 Å². The van der Waals surface area contributed by atoms with Gasteiger partial charge in [0.05, 0.1) is 24.6 Å². The smallest absolute Gasteiger partial charge is 0.0887 e. The standard InChI is InChI=1S/C9H15N3O/c1-2-12-9-6-13-4-3-7(9)8(5-10)11-12/h2-6,10H2,1H3. The molecule has 2 N–H and O–H groups in total. The lowest BCUT2D eigenvalue weighted by Crippen LogP contribution is -2.13. The van der Waals surface area contributed by atoms with Crippen LogP contribution in [0.2, 0.25) is 0 Å². The molecule has 0 saturated heterocycles. The minimum absolute atomic E-state index is 0.537. The average molecular weight is 181 g/mol. The van der Waals surface area contributed by atoms with Crippen molar-refractivity contribution in [2.75, 3.05) is 6.61 Å². The maximum Gasteiger partial charge on any atom is 0.0887 e. The van der Waals surface area contributed by atoms with Crippen LogP contribution in [0.4, 0.5) is 0 Å². The molecule has 4 heteroatoms. The number of rotatable bonds is 2. The minimum atomic E-state index is 0.537. The summed E-state index contributed by atoms with van der Waals surface area (Å²) in [6.45, 7) is 5.01. The van der Waals surface area contributed by atoms with Gasteiger partial charge in [0, 0.05) is 18.7 Å². The third-order valence-corrected chi connectivity index (χ3v) is 2.48. The SMILES string of the molecule is CCn1nc(CN)c2c1COCC2. The summed E-state index contributed by atoms with van der Waals surface area (Å²) in [5, 5.41) is 4.44. The van der Waals surface area contributed by atoms with E-state index in [2.05, 4.69) is 12.0 Å². The van der Waals surface area contributed by atoms with E-state index in [4.69, 9.17) is 10.5 Å². The number of ether oxygens (including phenoxy) is 1. The van der Waals surface area contributed by atoms with Gasteiger partial charge in [-0.1, -0.05) is 0 Å². The van der Waals surface area contributed by atoms with Gasteiger partial charge in [0.2, 0.25) is 0 Å². The fourth-order valence-electron chi connectivity index (χ4n) is 1.81. The molecule has 0 unspecified atom stereocenters. The molecule has 13 heavy (non-hydrogen) atoms. The maximum atomic E-state index is 5.63. The summed E-state index contributed by atoms with van der Waals surface area (Å²) in [5.41, 5.74) is 9.20. The van der Waals surface area contributed by atoms with Gasteiger partial charge in [0.15, 0.2) is 0 Å². The molecule has 2 rings (SSSR count). The second-order valence-corrected chi connectivity index (χ2v) is 3.19. The van der Waals surface area contributed by atoms with Crippen LogP contribution in [0.5, 0.6) is 0 Å². The van der Waals surface area contributed by atoms with E-state index in [0.29, 0.717) is 13.2 Å². The number of nitrogens with two attached hydrogens (primary N) is 1. The van der Waals surface area contributed by atoms with Gasteiger partial charge in [-0.05, 0) is 13.3 Å². The quantitative estimate of drug-likeness (QED) is 0.720. The Morgan fingerprint density at radius 3 is 3.15 bits per heavy atom. The molecular formula is C9H15N3O. The van der Waals surface area contributed by atoms with Crippen LogP contribution < -0.4 is 5.73 Å². The van der Waals surface area contributed by atoms with Crippen molar-refractivity contribution in [2.45, 2.75) is 33.0 Å². The largest absolute Gasteiger partial charge is 0.375 e. The molecule has 0 aromatic carbocycles. The Bertz CT molecular complexity index is 278. The molecule has 2 heterocycles. The number of nitrogens with zero attached hydrogens (tertiary/aromatic N) is 2. The summed E-state index contributed by atoms with van der Waals surface area (Å²) in [6.07, 6.45) is 0.960. The third-order valence-electron chi connectivity index (χ3n) is 2.48. The zero-order chi connectivity index (χ0) is 9.26.